The van der Waals surface area contributed by atoms with Gasteiger partial charge in [-0.3, -0.25) is 0 Å². The molecule has 16 heavy (non-hydrogen) atoms. The first-order chi connectivity index (χ1) is 7.52. The highest BCUT2D eigenvalue weighted by molar-refractivity contribution is 6.17. The van der Waals surface area contributed by atoms with Gasteiger partial charge in [-0.1, -0.05) is 0 Å². The summed E-state index contributed by atoms with van der Waals surface area (Å²) in [6.07, 6.45) is -1.66. The molecule has 0 bridgehead atoms. The third kappa shape index (κ3) is 2.29. The van der Waals surface area contributed by atoms with Gasteiger partial charge in [-0.15, -0.1) is 11.6 Å². The SMILES string of the molecule is COC(=O)c1ncc(C(F)F)c(C)c1CCl. The number of hydrogen-bond donors (Lipinski definition) is 0. The van der Waals surface area contributed by atoms with Crippen LogP contribution in [0.15, 0.2) is 6.20 Å². The topological polar surface area (TPSA) is 39.2 Å². The van der Waals surface area contributed by atoms with Crippen LogP contribution >= 0.6 is 11.6 Å². The van der Waals surface area contributed by atoms with Crippen LogP contribution in [0.5, 0.6) is 0 Å². The number of nitrogens with zero attached hydrogens (tertiary/aromatic N) is 1. The minimum atomic E-state index is -2.64. The lowest BCUT2D eigenvalue weighted by molar-refractivity contribution is 0.0592. The predicted octanol–water partition coefficient (Wildman–Crippen LogP) is 2.85. The highest BCUT2D eigenvalue weighted by Gasteiger charge is 2.20. The lowest BCUT2D eigenvalue weighted by Gasteiger charge is -2.11. The maximum atomic E-state index is 12.6. The highest BCUT2D eigenvalue weighted by Crippen LogP contribution is 2.26. The first-order valence-electron chi connectivity index (χ1n) is 4.43. The van der Waals surface area contributed by atoms with Gasteiger partial charge in [0.15, 0.2) is 5.69 Å². The van der Waals surface area contributed by atoms with E-state index in [1.54, 1.807) is 0 Å². The van der Waals surface area contributed by atoms with Gasteiger partial charge in [0, 0.05) is 17.3 Å². The molecule has 0 unspecified atom stereocenters. The average Bonchev–Trinajstić information content (AvgIpc) is 2.26. The fourth-order valence-corrected chi connectivity index (χ4v) is 1.64. The summed E-state index contributed by atoms with van der Waals surface area (Å²) in [6, 6.07) is 0. The largest absolute Gasteiger partial charge is 0.464 e. The molecule has 0 spiro atoms. The van der Waals surface area contributed by atoms with Crippen molar-refractivity contribution in [1.82, 2.24) is 4.98 Å². The predicted molar refractivity (Wildman–Crippen MR) is 54.8 cm³/mol. The van der Waals surface area contributed by atoms with Gasteiger partial charge in [-0.05, 0) is 12.5 Å². The lowest BCUT2D eigenvalue weighted by atomic mass is 10.0. The average molecular weight is 250 g/mol. The number of methoxy groups -OCH3 is 1. The number of hydrogen-bond acceptors (Lipinski definition) is 3. The molecule has 0 aromatic carbocycles. The number of esters is 1. The molecular formula is C10H10ClF2NO2. The van der Waals surface area contributed by atoms with Crippen molar-refractivity contribution in [2.24, 2.45) is 0 Å². The standard InChI is InChI=1S/C10H10ClF2NO2/c1-5-6(3-11)8(10(15)16-2)14-4-7(5)9(12)13/h4,9H,3H2,1-2H3. The summed E-state index contributed by atoms with van der Waals surface area (Å²) in [6.45, 7) is 1.48. The van der Waals surface area contributed by atoms with Gasteiger partial charge in [0.1, 0.15) is 0 Å². The summed E-state index contributed by atoms with van der Waals surface area (Å²) in [5.41, 5.74) is 0.328. The Bertz CT molecular complexity index is 410. The highest BCUT2D eigenvalue weighted by atomic mass is 35.5. The van der Waals surface area contributed by atoms with Crippen molar-refractivity contribution in [2.75, 3.05) is 7.11 Å². The zero-order valence-electron chi connectivity index (χ0n) is 8.76. The molecule has 0 radical (unpaired) electrons. The Labute approximate surface area is 96.4 Å². The van der Waals surface area contributed by atoms with Crippen LogP contribution in [0.2, 0.25) is 0 Å². The second-order valence-corrected chi connectivity index (χ2v) is 3.36. The van der Waals surface area contributed by atoms with Crippen molar-refractivity contribution in [3.63, 3.8) is 0 Å². The zero-order valence-corrected chi connectivity index (χ0v) is 9.52. The van der Waals surface area contributed by atoms with Crippen LogP contribution in [0.4, 0.5) is 8.78 Å². The molecular weight excluding hydrogens is 240 g/mol. The van der Waals surface area contributed by atoms with Crippen molar-refractivity contribution in [3.05, 3.63) is 28.6 Å². The summed E-state index contributed by atoms with van der Waals surface area (Å²) in [4.78, 5) is 15.0. The molecule has 0 aliphatic carbocycles. The van der Waals surface area contributed by atoms with E-state index in [-0.39, 0.29) is 28.3 Å². The van der Waals surface area contributed by atoms with E-state index in [1.807, 2.05) is 0 Å². The van der Waals surface area contributed by atoms with Crippen LogP contribution in [-0.4, -0.2) is 18.1 Å². The minimum Gasteiger partial charge on any atom is -0.464 e. The summed E-state index contributed by atoms with van der Waals surface area (Å²) >= 11 is 5.62. The van der Waals surface area contributed by atoms with Gasteiger partial charge in [-0.25, -0.2) is 18.6 Å². The van der Waals surface area contributed by atoms with E-state index >= 15 is 0 Å². The van der Waals surface area contributed by atoms with Crippen LogP contribution in [0.3, 0.4) is 0 Å². The molecule has 1 aromatic heterocycles. The Hall–Kier alpha value is -1.23. The molecule has 0 aliphatic heterocycles. The van der Waals surface area contributed by atoms with E-state index in [9.17, 15) is 13.6 Å². The van der Waals surface area contributed by atoms with E-state index in [4.69, 9.17) is 11.6 Å². The number of aromatic nitrogens is 1. The van der Waals surface area contributed by atoms with E-state index < -0.39 is 12.4 Å². The molecule has 3 nitrogen and oxygen atoms in total. The maximum Gasteiger partial charge on any atom is 0.356 e. The molecule has 0 fully saturated rings. The minimum absolute atomic E-state index is 0.0144. The van der Waals surface area contributed by atoms with Crippen molar-refractivity contribution < 1.29 is 18.3 Å². The van der Waals surface area contributed by atoms with Crippen molar-refractivity contribution in [3.8, 4) is 0 Å². The lowest BCUT2D eigenvalue weighted by Crippen LogP contribution is -2.11. The van der Waals surface area contributed by atoms with Crippen molar-refractivity contribution in [2.45, 2.75) is 19.2 Å². The summed E-state index contributed by atoms with van der Waals surface area (Å²) in [5.74, 6) is -0.747. The van der Waals surface area contributed by atoms with Crippen LogP contribution < -0.4 is 0 Å². The third-order valence-electron chi connectivity index (χ3n) is 2.25. The number of pyridine rings is 1. The van der Waals surface area contributed by atoms with Gasteiger partial charge >= 0.3 is 5.97 Å². The number of ether oxygens (including phenoxy) is 1. The second-order valence-electron chi connectivity index (χ2n) is 3.09. The van der Waals surface area contributed by atoms with Crippen LogP contribution in [0.1, 0.15) is 33.6 Å². The molecule has 0 aliphatic rings. The molecule has 1 aromatic rings. The van der Waals surface area contributed by atoms with Gasteiger partial charge in [0.05, 0.1) is 13.0 Å². The molecule has 0 amide bonds. The van der Waals surface area contributed by atoms with Gasteiger partial charge in [0.2, 0.25) is 0 Å². The molecule has 0 saturated heterocycles. The van der Waals surface area contributed by atoms with Gasteiger partial charge in [0.25, 0.3) is 6.43 Å². The van der Waals surface area contributed by atoms with Gasteiger partial charge in [-0.2, -0.15) is 0 Å². The Morgan fingerprint density at radius 2 is 2.25 bits per heavy atom. The second kappa shape index (κ2) is 5.21. The Balaban J connectivity index is 3.35. The molecule has 88 valence electrons. The molecule has 6 heteroatoms. The fraction of sp³-hybridized carbons (Fsp3) is 0.400. The monoisotopic (exact) mass is 249 g/mol. The number of carbonyl (C=O) groups excluding carboxylic acids is 1. The van der Waals surface area contributed by atoms with E-state index in [1.165, 1.54) is 14.0 Å². The fourth-order valence-electron chi connectivity index (χ4n) is 1.32. The van der Waals surface area contributed by atoms with Crippen LogP contribution in [-0.2, 0) is 10.6 Å². The van der Waals surface area contributed by atoms with Crippen LogP contribution in [0, 0.1) is 6.92 Å². The smallest absolute Gasteiger partial charge is 0.356 e. The summed E-state index contributed by atoms with van der Waals surface area (Å²) < 4.78 is 29.6. The van der Waals surface area contributed by atoms with E-state index in [2.05, 4.69) is 9.72 Å². The molecule has 0 atom stereocenters. The van der Waals surface area contributed by atoms with Crippen molar-refractivity contribution in [1.29, 1.82) is 0 Å². The Morgan fingerprint density at radius 1 is 1.62 bits per heavy atom. The van der Waals surface area contributed by atoms with E-state index in [0.717, 1.165) is 6.20 Å². The van der Waals surface area contributed by atoms with Gasteiger partial charge < -0.3 is 4.74 Å². The third-order valence-corrected chi connectivity index (χ3v) is 2.52. The Morgan fingerprint density at radius 3 is 2.69 bits per heavy atom. The quantitative estimate of drug-likeness (QED) is 0.611. The maximum absolute atomic E-state index is 12.6. The number of carbonyl (C=O) groups is 1. The summed E-state index contributed by atoms with van der Waals surface area (Å²) in [7, 11) is 1.19. The first kappa shape index (κ1) is 12.8. The summed E-state index contributed by atoms with van der Waals surface area (Å²) in [5, 5.41) is 0. The van der Waals surface area contributed by atoms with Crippen LogP contribution in [0.25, 0.3) is 0 Å². The zero-order chi connectivity index (χ0) is 12.3. The molecule has 1 heterocycles. The van der Waals surface area contributed by atoms with Crippen molar-refractivity contribution >= 4 is 17.6 Å². The molecule has 0 saturated carbocycles. The molecule has 0 N–H and O–H groups in total. The number of halogens is 3. The first-order valence-corrected chi connectivity index (χ1v) is 4.97. The molecule has 1 rings (SSSR count). The number of rotatable bonds is 3. The number of alkyl halides is 3. The van der Waals surface area contributed by atoms with E-state index in [0.29, 0.717) is 0 Å². The Kier molecular flexibility index (Phi) is 4.18. The normalized spacial score (nSPS) is 10.6.